The van der Waals surface area contributed by atoms with Crippen LogP contribution in [0.1, 0.15) is 17.0 Å². The molecule has 3 aromatic rings. The zero-order chi connectivity index (χ0) is 16.1. The van der Waals surface area contributed by atoms with E-state index in [2.05, 4.69) is 10.1 Å². The van der Waals surface area contributed by atoms with Crippen LogP contribution in [0.4, 0.5) is 0 Å². The van der Waals surface area contributed by atoms with Crippen LogP contribution in [0.25, 0.3) is 11.4 Å². The van der Waals surface area contributed by atoms with E-state index in [9.17, 15) is 4.21 Å². The van der Waals surface area contributed by atoms with E-state index in [-0.39, 0.29) is 0 Å². The van der Waals surface area contributed by atoms with Gasteiger partial charge in [-0.25, -0.2) is 0 Å². The molecule has 1 heterocycles. The van der Waals surface area contributed by atoms with Crippen LogP contribution in [-0.2, 0) is 23.0 Å². The Bertz CT molecular complexity index is 782. The highest BCUT2D eigenvalue weighted by Crippen LogP contribution is 2.17. The number of hydrogen-bond donors (Lipinski definition) is 0. The molecule has 118 valence electrons. The first-order valence-electron chi connectivity index (χ1n) is 7.49. The SMILES string of the molecule is Cc1ccc(-c2noc(C[S@](=O)CCc3ccccc3)n2)cc1. The van der Waals surface area contributed by atoms with Crippen molar-refractivity contribution in [2.75, 3.05) is 5.75 Å². The van der Waals surface area contributed by atoms with Crippen LogP contribution in [-0.4, -0.2) is 20.1 Å². The molecule has 3 rings (SSSR count). The van der Waals surface area contributed by atoms with Gasteiger partial charge in [-0.05, 0) is 18.9 Å². The maximum Gasteiger partial charge on any atom is 0.239 e. The van der Waals surface area contributed by atoms with E-state index < -0.39 is 10.8 Å². The minimum Gasteiger partial charge on any atom is -0.338 e. The van der Waals surface area contributed by atoms with Crippen molar-refractivity contribution < 1.29 is 8.73 Å². The molecular formula is C18H18N2O2S. The summed E-state index contributed by atoms with van der Waals surface area (Å²) in [7, 11) is -1.01. The molecule has 2 aromatic carbocycles. The molecule has 5 heteroatoms. The smallest absolute Gasteiger partial charge is 0.239 e. The van der Waals surface area contributed by atoms with Gasteiger partial charge in [0.2, 0.25) is 11.7 Å². The molecule has 1 atom stereocenters. The van der Waals surface area contributed by atoms with E-state index in [1.807, 2.05) is 61.5 Å². The minimum atomic E-state index is -1.01. The number of aryl methyl sites for hydroxylation is 2. The highest BCUT2D eigenvalue weighted by Gasteiger charge is 2.11. The molecule has 1 aromatic heterocycles. The molecule has 0 aliphatic carbocycles. The van der Waals surface area contributed by atoms with Crippen molar-refractivity contribution in [3.63, 3.8) is 0 Å². The lowest BCUT2D eigenvalue weighted by atomic mass is 10.1. The lowest BCUT2D eigenvalue weighted by Gasteiger charge is -2.00. The molecular weight excluding hydrogens is 308 g/mol. The van der Waals surface area contributed by atoms with Gasteiger partial charge in [-0.1, -0.05) is 65.3 Å². The second-order valence-electron chi connectivity index (χ2n) is 5.40. The summed E-state index contributed by atoms with van der Waals surface area (Å²) in [5.74, 6) is 1.85. The second-order valence-corrected chi connectivity index (χ2v) is 6.98. The van der Waals surface area contributed by atoms with Crippen LogP contribution in [0.2, 0.25) is 0 Å². The fourth-order valence-electron chi connectivity index (χ4n) is 2.22. The summed E-state index contributed by atoms with van der Waals surface area (Å²) < 4.78 is 17.4. The van der Waals surface area contributed by atoms with E-state index in [4.69, 9.17) is 4.52 Å². The normalized spacial score (nSPS) is 12.2. The van der Waals surface area contributed by atoms with Crippen LogP contribution >= 0.6 is 0 Å². The van der Waals surface area contributed by atoms with Gasteiger partial charge < -0.3 is 4.52 Å². The zero-order valence-electron chi connectivity index (χ0n) is 12.9. The number of hydrogen-bond acceptors (Lipinski definition) is 4. The summed E-state index contributed by atoms with van der Waals surface area (Å²) >= 11 is 0. The van der Waals surface area contributed by atoms with Crippen molar-refractivity contribution in [3.8, 4) is 11.4 Å². The van der Waals surface area contributed by atoms with Crippen molar-refractivity contribution in [1.82, 2.24) is 10.1 Å². The molecule has 0 saturated carbocycles. The number of rotatable bonds is 6. The van der Waals surface area contributed by atoms with E-state index in [1.165, 1.54) is 11.1 Å². The third-order valence-corrected chi connectivity index (χ3v) is 4.75. The first-order valence-corrected chi connectivity index (χ1v) is 8.98. The van der Waals surface area contributed by atoms with Crippen molar-refractivity contribution in [1.29, 1.82) is 0 Å². The Balaban J connectivity index is 1.58. The standard InChI is InChI=1S/C18H18N2O2S/c1-14-7-9-16(10-8-14)18-19-17(22-20-18)13-23(21)12-11-15-5-3-2-4-6-15/h2-10H,11-13H2,1H3/t23-/m1/s1. The second kappa shape index (κ2) is 7.33. The monoisotopic (exact) mass is 326 g/mol. The van der Waals surface area contributed by atoms with Crippen LogP contribution in [0, 0.1) is 6.92 Å². The predicted octanol–water partition coefficient (Wildman–Crippen LogP) is 3.54. The van der Waals surface area contributed by atoms with Gasteiger partial charge in [0.25, 0.3) is 0 Å². The van der Waals surface area contributed by atoms with Gasteiger partial charge in [0.05, 0.1) is 0 Å². The summed E-state index contributed by atoms with van der Waals surface area (Å²) in [5, 5.41) is 3.97. The van der Waals surface area contributed by atoms with Gasteiger partial charge in [0.1, 0.15) is 5.75 Å². The Morgan fingerprint density at radius 2 is 1.78 bits per heavy atom. The van der Waals surface area contributed by atoms with Crippen molar-refractivity contribution in [3.05, 3.63) is 71.6 Å². The lowest BCUT2D eigenvalue weighted by Crippen LogP contribution is -2.04. The molecule has 0 aliphatic heterocycles. The van der Waals surface area contributed by atoms with Gasteiger partial charge >= 0.3 is 0 Å². The van der Waals surface area contributed by atoms with E-state index in [0.717, 1.165) is 12.0 Å². The van der Waals surface area contributed by atoms with Gasteiger partial charge in [0, 0.05) is 22.1 Å². The highest BCUT2D eigenvalue weighted by molar-refractivity contribution is 7.84. The minimum absolute atomic E-state index is 0.297. The van der Waals surface area contributed by atoms with Crippen molar-refractivity contribution in [2.45, 2.75) is 19.1 Å². The number of aromatic nitrogens is 2. The number of benzene rings is 2. The molecule has 23 heavy (non-hydrogen) atoms. The zero-order valence-corrected chi connectivity index (χ0v) is 13.8. The van der Waals surface area contributed by atoms with Crippen LogP contribution in [0.3, 0.4) is 0 Å². The molecule has 0 unspecified atom stereocenters. The van der Waals surface area contributed by atoms with Gasteiger partial charge in [0.15, 0.2) is 0 Å². The maximum atomic E-state index is 12.2. The van der Waals surface area contributed by atoms with E-state index in [1.54, 1.807) is 0 Å². The summed E-state index contributed by atoms with van der Waals surface area (Å²) in [6.07, 6.45) is 0.784. The molecule has 0 aliphatic rings. The van der Waals surface area contributed by atoms with Crippen molar-refractivity contribution in [2.24, 2.45) is 0 Å². The fourth-order valence-corrected chi connectivity index (χ4v) is 3.22. The lowest BCUT2D eigenvalue weighted by molar-refractivity contribution is 0.390. The molecule has 0 bridgehead atoms. The van der Waals surface area contributed by atoms with E-state index >= 15 is 0 Å². The molecule has 0 fully saturated rings. The average molecular weight is 326 g/mol. The topological polar surface area (TPSA) is 56.0 Å². The third-order valence-electron chi connectivity index (χ3n) is 3.52. The number of nitrogens with zero attached hydrogens (tertiary/aromatic N) is 2. The summed E-state index contributed by atoms with van der Waals surface area (Å²) in [4.78, 5) is 4.33. The van der Waals surface area contributed by atoms with Crippen LogP contribution in [0.5, 0.6) is 0 Å². The van der Waals surface area contributed by atoms with Gasteiger partial charge in [-0.15, -0.1) is 0 Å². The Morgan fingerprint density at radius 1 is 1.04 bits per heavy atom. The Hall–Kier alpha value is -2.27. The fraction of sp³-hybridized carbons (Fsp3) is 0.222. The first-order chi connectivity index (χ1) is 11.2. The molecule has 0 saturated heterocycles. The Kier molecular flexibility index (Phi) is 4.98. The Labute approximate surface area is 138 Å². The quantitative estimate of drug-likeness (QED) is 0.695. The van der Waals surface area contributed by atoms with Crippen LogP contribution < -0.4 is 0 Å². The third kappa shape index (κ3) is 4.36. The Morgan fingerprint density at radius 3 is 2.52 bits per heavy atom. The molecule has 0 spiro atoms. The molecule has 0 radical (unpaired) electrons. The summed E-state index contributed by atoms with van der Waals surface area (Å²) in [6.45, 7) is 2.03. The van der Waals surface area contributed by atoms with E-state index in [0.29, 0.717) is 23.2 Å². The summed E-state index contributed by atoms with van der Waals surface area (Å²) in [5.41, 5.74) is 3.27. The largest absolute Gasteiger partial charge is 0.338 e. The predicted molar refractivity (Wildman–Crippen MR) is 91.3 cm³/mol. The van der Waals surface area contributed by atoms with Gasteiger partial charge in [-0.3, -0.25) is 4.21 Å². The average Bonchev–Trinajstić information content (AvgIpc) is 3.03. The molecule has 0 amide bonds. The van der Waals surface area contributed by atoms with Crippen LogP contribution in [0.15, 0.2) is 59.1 Å². The summed E-state index contributed by atoms with van der Waals surface area (Å²) in [6, 6.07) is 18.0. The molecule has 0 N–H and O–H groups in total. The van der Waals surface area contributed by atoms with Gasteiger partial charge in [-0.2, -0.15) is 4.98 Å². The highest BCUT2D eigenvalue weighted by atomic mass is 32.2. The van der Waals surface area contributed by atoms with Crippen molar-refractivity contribution >= 4 is 10.8 Å². The first kappa shape index (κ1) is 15.6. The molecule has 4 nitrogen and oxygen atoms in total. The maximum absolute atomic E-state index is 12.2.